The third-order valence-corrected chi connectivity index (χ3v) is 2.98. The van der Waals surface area contributed by atoms with Crippen molar-refractivity contribution in [2.24, 2.45) is 11.8 Å². The summed E-state index contributed by atoms with van der Waals surface area (Å²) in [5.41, 5.74) is 7.21. The monoisotopic (exact) mass is 220 g/mol. The fourth-order valence-electron chi connectivity index (χ4n) is 1.45. The van der Waals surface area contributed by atoms with Gasteiger partial charge < -0.3 is 10.6 Å². The molecule has 0 bridgehead atoms. The first-order valence-corrected chi connectivity index (χ1v) is 5.56. The Bertz CT molecular complexity index is 374. The highest BCUT2D eigenvalue weighted by molar-refractivity contribution is 5.94. The Hall–Kier alpha value is -1.51. The number of nitrogens with zero attached hydrogens (tertiary/aromatic N) is 1. The molecular weight excluding hydrogens is 200 g/mol. The molecule has 1 aromatic rings. The first kappa shape index (κ1) is 12.6. The molecule has 3 heteroatoms. The summed E-state index contributed by atoms with van der Waals surface area (Å²) < 4.78 is 0. The smallest absolute Gasteiger partial charge is 0.229 e. The molecule has 0 heterocycles. The van der Waals surface area contributed by atoms with E-state index in [1.54, 1.807) is 11.9 Å². The summed E-state index contributed by atoms with van der Waals surface area (Å²) in [6, 6.07) is 7.37. The zero-order chi connectivity index (χ0) is 12.3. The van der Waals surface area contributed by atoms with E-state index in [2.05, 4.69) is 13.8 Å². The lowest BCUT2D eigenvalue weighted by atomic mass is 9.96. The van der Waals surface area contributed by atoms with Gasteiger partial charge in [0.05, 0.1) is 0 Å². The molecule has 88 valence electrons. The van der Waals surface area contributed by atoms with E-state index in [1.807, 2.05) is 31.2 Å². The molecule has 1 amide bonds. The number of anilines is 2. The van der Waals surface area contributed by atoms with Crippen LogP contribution in [0.15, 0.2) is 24.3 Å². The van der Waals surface area contributed by atoms with Crippen LogP contribution in [0, 0.1) is 11.8 Å². The van der Waals surface area contributed by atoms with Crippen LogP contribution < -0.4 is 10.6 Å². The number of rotatable bonds is 3. The van der Waals surface area contributed by atoms with Crippen LogP contribution in [0.3, 0.4) is 0 Å². The minimum atomic E-state index is 0.0198. The predicted molar refractivity (Wildman–Crippen MR) is 68.3 cm³/mol. The minimum Gasteiger partial charge on any atom is -0.399 e. The first-order chi connectivity index (χ1) is 7.43. The molecule has 2 N–H and O–H groups in total. The Labute approximate surface area is 97.2 Å². The molecule has 1 aromatic carbocycles. The maximum atomic E-state index is 12.1. The highest BCUT2D eigenvalue weighted by Crippen LogP contribution is 2.20. The van der Waals surface area contributed by atoms with Crippen molar-refractivity contribution in [3.8, 4) is 0 Å². The van der Waals surface area contributed by atoms with Gasteiger partial charge in [0.25, 0.3) is 0 Å². The van der Waals surface area contributed by atoms with Crippen molar-refractivity contribution >= 4 is 17.3 Å². The van der Waals surface area contributed by atoms with E-state index in [9.17, 15) is 4.79 Å². The van der Waals surface area contributed by atoms with E-state index in [0.29, 0.717) is 11.6 Å². The van der Waals surface area contributed by atoms with Crippen LogP contribution in [0.5, 0.6) is 0 Å². The van der Waals surface area contributed by atoms with E-state index in [0.717, 1.165) is 5.69 Å². The first-order valence-electron chi connectivity index (χ1n) is 5.56. The normalized spacial score (nSPS) is 12.6. The van der Waals surface area contributed by atoms with Crippen molar-refractivity contribution in [1.29, 1.82) is 0 Å². The molecule has 0 aliphatic heterocycles. The summed E-state index contributed by atoms with van der Waals surface area (Å²) in [6.07, 6.45) is 0. The van der Waals surface area contributed by atoms with Crippen LogP contribution in [0.2, 0.25) is 0 Å². The van der Waals surface area contributed by atoms with Gasteiger partial charge in [-0.1, -0.05) is 26.8 Å². The van der Waals surface area contributed by atoms with Crippen molar-refractivity contribution in [2.75, 3.05) is 17.7 Å². The summed E-state index contributed by atoms with van der Waals surface area (Å²) in [5.74, 6) is 0.489. The van der Waals surface area contributed by atoms with Gasteiger partial charge in [0, 0.05) is 24.3 Å². The Morgan fingerprint density at radius 2 is 1.94 bits per heavy atom. The molecule has 1 atom stereocenters. The standard InChI is InChI=1S/C13H20N2O/c1-9(2)10(3)13(16)15(4)12-7-5-6-11(14)8-12/h5-10H,14H2,1-4H3. The largest absolute Gasteiger partial charge is 0.399 e. The highest BCUT2D eigenvalue weighted by atomic mass is 16.2. The van der Waals surface area contributed by atoms with Crippen molar-refractivity contribution in [3.63, 3.8) is 0 Å². The Balaban J connectivity index is 2.86. The number of hydrogen-bond acceptors (Lipinski definition) is 2. The lowest BCUT2D eigenvalue weighted by Gasteiger charge is -2.23. The molecule has 0 radical (unpaired) electrons. The molecule has 0 saturated heterocycles. The topological polar surface area (TPSA) is 46.3 Å². The summed E-state index contributed by atoms with van der Waals surface area (Å²) in [4.78, 5) is 13.7. The van der Waals surface area contributed by atoms with Crippen molar-refractivity contribution in [3.05, 3.63) is 24.3 Å². The second-order valence-electron chi connectivity index (χ2n) is 4.52. The quantitative estimate of drug-likeness (QED) is 0.796. The van der Waals surface area contributed by atoms with Crippen molar-refractivity contribution in [1.82, 2.24) is 0 Å². The summed E-state index contributed by atoms with van der Waals surface area (Å²) >= 11 is 0. The SMILES string of the molecule is CC(C)C(C)C(=O)N(C)c1cccc(N)c1. The Morgan fingerprint density at radius 3 is 2.44 bits per heavy atom. The third kappa shape index (κ3) is 2.75. The van der Waals surface area contributed by atoms with Crippen LogP contribution in [0.25, 0.3) is 0 Å². The molecule has 1 rings (SSSR count). The predicted octanol–water partition coefficient (Wildman–Crippen LogP) is 2.52. The van der Waals surface area contributed by atoms with E-state index in [1.165, 1.54) is 0 Å². The van der Waals surface area contributed by atoms with Gasteiger partial charge >= 0.3 is 0 Å². The number of nitrogens with two attached hydrogens (primary N) is 1. The molecule has 0 fully saturated rings. The van der Waals surface area contributed by atoms with Crippen molar-refractivity contribution in [2.45, 2.75) is 20.8 Å². The van der Waals surface area contributed by atoms with Crippen LogP contribution in [-0.2, 0) is 4.79 Å². The molecular formula is C13H20N2O. The fourth-order valence-corrected chi connectivity index (χ4v) is 1.45. The van der Waals surface area contributed by atoms with Crippen LogP contribution >= 0.6 is 0 Å². The highest BCUT2D eigenvalue weighted by Gasteiger charge is 2.21. The Kier molecular flexibility index (Phi) is 3.93. The minimum absolute atomic E-state index is 0.0198. The average Bonchev–Trinajstić information content (AvgIpc) is 2.26. The average molecular weight is 220 g/mol. The molecule has 0 aromatic heterocycles. The van der Waals surface area contributed by atoms with Gasteiger partial charge in [0.1, 0.15) is 0 Å². The second-order valence-corrected chi connectivity index (χ2v) is 4.52. The van der Waals surface area contributed by atoms with Gasteiger partial charge in [-0.15, -0.1) is 0 Å². The van der Waals surface area contributed by atoms with Crippen molar-refractivity contribution < 1.29 is 4.79 Å². The third-order valence-electron chi connectivity index (χ3n) is 2.98. The number of nitrogen functional groups attached to an aromatic ring is 1. The van der Waals surface area contributed by atoms with Crippen LogP contribution in [0.4, 0.5) is 11.4 Å². The van der Waals surface area contributed by atoms with Crippen LogP contribution in [0.1, 0.15) is 20.8 Å². The lowest BCUT2D eigenvalue weighted by Crippen LogP contribution is -2.33. The number of carbonyl (C=O) groups excluding carboxylic acids is 1. The number of carbonyl (C=O) groups is 1. The van der Waals surface area contributed by atoms with Gasteiger partial charge in [-0.2, -0.15) is 0 Å². The molecule has 16 heavy (non-hydrogen) atoms. The Morgan fingerprint density at radius 1 is 1.31 bits per heavy atom. The maximum Gasteiger partial charge on any atom is 0.229 e. The second kappa shape index (κ2) is 5.01. The van der Waals surface area contributed by atoms with Gasteiger partial charge in [0.2, 0.25) is 5.91 Å². The van der Waals surface area contributed by atoms with E-state index < -0.39 is 0 Å². The number of amides is 1. The zero-order valence-corrected chi connectivity index (χ0v) is 10.4. The van der Waals surface area contributed by atoms with E-state index >= 15 is 0 Å². The van der Waals surface area contributed by atoms with Crippen LogP contribution in [-0.4, -0.2) is 13.0 Å². The molecule has 1 unspecified atom stereocenters. The molecule has 0 saturated carbocycles. The van der Waals surface area contributed by atoms with Gasteiger partial charge in [-0.3, -0.25) is 4.79 Å². The summed E-state index contributed by atoms with van der Waals surface area (Å²) in [7, 11) is 1.79. The summed E-state index contributed by atoms with van der Waals surface area (Å²) in [6.45, 7) is 6.06. The van der Waals surface area contributed by atoms with Gasteiger partial charge in [0.15, 0.2) is 0 Å². The van der Waals surface area contributed by atoms with Gasteiger partial charge in [-0.25, -0.2) is 0 Å². The van der Waals surface area contributed by atoms with E-state index in [-0.39, 0.29) is 11.8 Å². The lowest BCUT2D eigenvalue weighted by molar-refractivity contribution is -0.122. The molecule has 3 nitrogen and oxygen atoms in total. The molecule has 0 aliphatic rings. The number of hydrogen-bond donors (Lipinski definition) is 1. The zero-order valence-electron chi connectivity index (χ0n) is 10.4. The molecule has 0 aliphatic carbocycles. The summed E-state index contributed by atoms with van der Waals surface area (Å²) in [5, 5.41) is 0. The number of benzene rings is 1. The van der Waals surface area contributed by atoms with Gasteiger partial charge in [-0.05, 0) is 24.1 Å². The maximum absolute atomic E-state index is 12.1. The van der Waals surface area contributed by atoms with E-state index in [4.69, 9.17) is 5.73 Å². The fraction of sp³-hybridized carbons (Fsp3) is 0.462. The molecule has 0 spiro atoms.